The van der Waals surface area contributed by atoms with Gasteiger partial charge in [0.25, 0.3) is 0 Å². The molecule has 2 heteroatoms. The van der Waals surface area contributed by atoms with Crippen molar-refractivity contribution in [3.05, 3.63) is 34.9 Å². The second-order valence-electron chi connectivity index (χ2n) is 6.32. The van der Waals surface area contributed by atoms with Gasteiger partial charge in [-0.15, -0.1) is 0 Å². The van der Waals surface area contributed by atoms with E-state index in [9.17, 15) is 0 Å². The molecule has 2 atom stereocenters. The van der Waals surface area contributed by atoms with Gasteiger partial charge in [0.05, 0.1) is 0 Å². The summed E-state index contributed by atoms with van der Waals surface area (Å²) in [6.45, 7) is 2.31. The molecule has 2 unspecified atom stereocenters. The standard InChI is InChI=1S/C17H24ClN/c1-2-16(11-12-3-4-12)19-17(13-5-6-13)14-7-9-15(18)10-8-14/h7-10,12-13,16-17,19H,2-6,11H2,1H3. The van der Waals surface area contributed by atoms with Crippen LogP contribution in [0.2, 0.25) is 5.02 Å². The quantitative estimate of drug-likeness (QED) is 0.743. The first-order valence-corrected chi connectivity index (χ1v) is 8.15. The van der Waals surface area contributed by atoms with Crippen molar-refractivity contribution in [3.8, 4) is 0 Å². The van der Waals surface area contributed by atoms with Crippen LogP contribution in [-0.4, -0.2) is 6.04 Å². The average Bonchev–Trinajstić information content (AvgIpc) is 3.28. The Kier molecular flexibility index (Phi) is 4.14. The van der Waals surface area contributed by atoms with Gasteiger partial charge in [0.2, 0.25) is 0 Å². The first kappa shape index (κ1) is 13.5. The molecule has 0 heterocycles. The fourth-order valence-corrected chi connectivity index (χ4v) is 3.09. The highest BCUT2D eigenvalue weighted by Crippen LogP contribution is 2.42. The van der Waals surface area contributed by atoms with E-state index < -0.39 is 0 Å². The molecule has 104 valence electrons. The monoisotopic (exact) mass is 277 g/mol. The second kappa shape index (κ2) is 5.85. The van der Waals surface area contributed by atoms with Crippen LogP contribution in [0.25, 0.3) is 0 Å². The topological polar surface area (TPSA) is 12.0 Å². The Hall–Kier alpha value is -0.530. The molecule has 1 aromatic rings. The Balaban J connectivity index is 1.67. The van der Waals surface area contributed by atoms with Gasteiger partial charge in [-0.3, -0.25) is 0 Å². The van der Waals surface area contributed by atoms with Gasteiger partial charge in [0.1, 0.15) is 0 Å². The number of rotatable bonds is 7. The highest BCUT2D eigenvalue weighted by molar-refractivity contribution is 6.30. The van der Waals surface area contributed by atoms with E-state index in [0.717, 1.165) is 16.9 Å². The Bertz CT molecular complexity index is 406. The molecule has 19 heavy (non-hydrogen) atoms. The van der Waals surface area contributed by atoms with Crippen molar-refractivity contribution < 1.29 is 0 Å². The number of hydrogen-bond acceptors (Lipinski definition) is 1. The van der Waals surface area contributed by atoms with Gasteiger partial charge in [-0.1, -0.05) is 43.5 Å². The number of nitrogens with one attached hydrogen (secondary N) is 1. The van der Waals surface area contributed by atoms with Crippen LogP contribution in [0.3, 0.4) is 0 Å². The van der Waals surface area contributed by atoms with E-state index in [2.05, 4.69) is 24.4 Å². The molecule has 2 aliphatic carbocycles. The molecule has 0 radical (unpaired) electrons. The predicted octanol–water partition coefficient (Wildman–Crippen LogP) is 4.96. The molecule has 0 aromatic heterocycles. The average molecular weight is 278 g/mol. The van der Waals surface area contributed by atoms with Crippen LogP contribution in [0.1, 0.15) is 57.1 Å². The number of hydrogen-bond donors (Lipinski definition) is 1. The molecule has 3 rings (SSSR count). The van der Waals surface area contributed by atoms with Crippen LogP contribution < -0.4 is 5.32 Å². The predicted molar refractivity (Wildman–Crippen MR) is 81.5 cm³/mol. The zero-order valence-electron chi connectivity index (χ0n) is 11.7. The summed E-state index contributed by atoms with van der Waals surface area (Å²) < 4.78 is 0. The van der Waals surface area contributed by atoms with Gasteiger partial charge in [0.15, 0.2) is 0 Å². The minimum atomic E-state index is 0.543. The van der Waals surface area contributed by atoms with E-state index in [1.165, 1.54) is 44.1 Å². The molecule has 2 saturated carbocycles. The molecule has 2 fully saturated rings. The van der Waals surface area contributed by atoms with Gasteiger partial charge in [-0.05, 0) is 55.2 Å². The summed E-state index contributed by atoms with van der Waals surface area (Å²) in [5.74, 6) is 1.84. The van der Waals surface area contributed by atoms with Gasteiger partial charge >= 0.3 is 0 Å². The van der Waals surface area contributed by atoms with Gasteiger partial charge in [-0.2, -0.15) is 0 Å². The van der Waals surface area contributed by atoms with Gasteiger partial charge in [-0.25, -0.2) is 0 Å². The van der Waals surface area contributed by atoms with Gasteiger partial charge in [0, 0.05) is 17.1 Å². The first-order chi connectivity index (χ1) is 9.26. The molecule has 0 amide bonds. The molecule has 0 spiro atoms. The van der Waals surface area contributed by atoms with Crippen molar-refractivity contribution in [3.63, 3.8) is 0 Å². The third kappa shape index (κ3) is 3.73. The largest absolute Gasteiger partial charge is 0.307 e. The molecule has 0 saturated heterocycles. The lowest BCUT2D eigenvalue weighted by Gasteiger charge is -2.25. The SMILES string of the molecule is CCC(CC1CC1)NC(c1ccc(Cl)cc1)C1CC1. The smallest absolute Gasteiger partial charge is 0.0406 e. The van der Waals surface area contributed by atoms with Crippen LogP contribution in [0.4, 0.5) is 0 Å². The molecule has 1 aromatic carbocycles. The maximum Gasteiger partial charge on any atom is 0.0406 e. The molecule has 2 aliphatic rings. The minimum absolute atomic E-state index is 0.543. The maximum atomic E-state index is 6.00. The lowest BCUT2D eigenvalue weighted by Crippen LogP contribution is -2.34. The highest BCUT2D eigenvalue weighted by atomic mass is 35.5. The van der Waals surface area contributed by atoms with E-state index in [1.807, 2.05) is 12.1 Å². The summed E-state index contributed by atoms with van der Waals surface area (Å²) in [5, 5.41) is 4.77. The summed E-state index contributed by atoms with van der Waals surface area (Å²) in [5.41, 5.74) is 1.42. The molecule has 1 N–H and O–H groups in total. The Morgan fingerprint density at radius 1 is 1.16 bits per heavy atom. The van der Waals surface area contributed by atoms with E-state index in [1.54, 1.807) is 0 Å². The third-order valence-corrected chi connectivity index (χ3v) is 4.80. The van der Waals surface area contributed by atoms with E-state index in [-0.39, 0.29) is 0 Å². The summed E-state index contributed by atoms with van der Waals surface area (Å²) in [4.78, 5) is 0. The fourth-order valence-electron chi connectivity index (χ4n) is 2.97. The molecule has 0 aliphatic heterocycles. The molecule has 1 nitrogen and oxygen atoms in total. The van der Waals surface area contributed by atoms with Crippen molar-refractivity contribution in [2.24, 2.45) is 11.8 Å². The van der Waals surface area contributed by atoms with Crippen molar-refractivity contribution in [1.29, 1.82) is 0 Å². The van der Waals surface area contributed by atoms with E-state index in [0.29, 0.717) is 12.1 Å². The third-order valence-electron chi connectivity index (χ3n) is 4.55. The van der Waals surface area contributed by atoms with Crippen LogP contribution in [0.5, 0.6) is 0 Å². The van der Waals surface area contributed by atoms with Crippen molar-refractivity contribution in [2.45, 2.75) is 57.5 Å². The molecular formula is C17H24ClN. The second-order valence-corrected chi connectivity index (χ2v) is 6.75. The van der Waals surface area contributed by atoms with E-state index in [4.69, 9.17) is 11.6 Å². The lowest BCUT2D eigenvalue weighted by atomic mass is 9.99. The summed E-state index contributed by atoms with van der Waals surface area (Å²) in [6, 6.07) is 9.67. The highest BCUT2D eigenvalue weighted by Gasteiger charge is 2.34. The first-order valence-electron chi connectivity index (χ1n) is 7.77. The van der Waals surface area contributed by atoms with Crippen molar-refractivity contribution in [2.75, 3.05) is 0 Å². The van der Waals surface area contributed by atoms with Crippen LogP contribution in [0, 0.1) is 11.8 Å². The lowest BCUT2D eigenvalue weighted by molar-refractivity contribution is 0.366. The number of benzene rings is 1. The van der Waals surface area contributed by atoms with Gasteiger partial charge < -0.3 is 5.32 Å². The maximum absolute atomic E-state index is 6.00. The summed E-state index contributed by atoms with van der Waals surface area (Å²) in [6.07, 6.45) is 8.27. The minimum Gasteiger partial charge on any atom is -0.307 e. The zero-order valence-corrected chi connectivity index (χ0v) is 12.5. The Labute approximate surface area is 121 Å². The Morgan fingerprint density at radius 2 is 1.84 bits per heavy atom. The molecule has 0 bridgehead atoms. The van der Waals surface area contributed by atoms with Crippen LogP contribution >= 0.6 is 11.6 Å². The fraction of sp³-hybridized carbons (Fsp3) is 0.647. The zero-order chi connectivity index (χ0) is 13.2. The van der Waals surface area contributed by atoms with Crippen LogP contribution in [-0.2, 0) is 0 Å². The summed E-state index contributed by atoms with van der Waals surface area (Å²) >= 11 is 6.00. The number of halogens is 1. The normalized spacial score (nSPS) is 22.2. The van der Waals surface area contributed by atoms with Crippen LogP contribution in [0.15, 0.2) is 24.3 Å². The summed E-state index contributed by atoms with van der Waals surface area (Å²) in [7, 11) is 0. The van der Waals surface area contributed by atoms with Crippen molar-refractivity contribution >= 4 is 11.6 Å². The van der Waals surface area contributed by atoms with E-state index >= 15 is 0 Å². The molecular weight excluding hydrogens is 254 g/mol. The Morgan fingerprint density at radius 3 is 2.37 bits per heavy atom. The van der Waals surface area contributed by atoms with Crippen molar-refractivity contribution in [1.82, 2.24) is 5.32 Å².